The van der Waals surface area contributed by atoms with Gasteiger partial charge in [-0.25, -0.2) is 7.05 Å². The van der Waals surface area contributed by atoms with E-state index in [1.54, 1.807) is 22.7 Å². The molecule has 0 saturated heterocycles. The lowest BCUT2D eigenvalue weighted by molar-refractivity contribution is 0.985. The van der Waals surface area contributed by atoms with Crippen LogP contribution in [0.5, 0.6) is 0 Å². The van der Waals surface area contributed by atoms with Gasteiger partial charge in [-0.1, -0.05) is 0 Å². The van der Waals surface area contributed by atoms with Gasteiger partial charge in [0.1, 0.15) is 0 Å². The SMILES string of the molecule is [CH2-]N1c2sccc2CCc2ccsc21. The number of fused-ring (bicyclic) bond motifs is 2. The van der Waals surface area contributed by atoms with Crippen LogP contribution in [-0.2, 0) is 12.8 Å². The fourth-order valence-electron chi connectivity index (χ4n) is 1.87. The molecule has 2 aromatic heterocycles. The van der Waals surface area contributed by atoms with E-state index >= 15 is 0 Å². The first kappa shape index (κ1) is 8.50. The highest BCUT2D eigenvalue weighted by atomic mass is 32.1. The quantitative estimate of drug-likeness (QED) is 0.610. The van der Waals surface area contributed by atoms with Gasteiger partial charge < -0.3 is 4.90 Å². The molecule has 0 aliphatic carbocycles. The Hall–Kier alpha value is -0.800. The third-order valence-electron chi connectivity index (χ3n) is 2.60. The summed E-state index contributed by atoms with van der Waals surface area (Å²) in [5, 5.41) is 6.93. The highest BCUT2D eigenvalue weighted by Gasteiger charge is 2.15. The van der Waals surface area contributed by atoms with Crippen LogP contribution in [0.25, 0.3) is 0 Å². The van der Waals surface area contributed by atoms with Crippen molar-refractivity contribution in [3.05, 3.63) is 41.1 Å². The number of thiophene rings is 2. The van der Waals surface area contributed by atoms with Gasteiger partial charge in [0.15, 0.2) is 0 Å². The highest BCUT2D eigenvalue weighted by molar-refractivity contribution is 7.16. The lowest BCUT2D eigenvalue weighted by Crippen LogP contribution is -2.03. The summed E-state index contributed by atoms with van der Waals surface area (Å²) >= 11 is 3.57. The van der Waals surface area contributed by atoms with Gasteiger partial charge in [-0.2, -0.15) is 0 Å². The minimum Gasteiger partial charge on any atom is -0.480 e. The standard InChI is InChI=1S/C11H10NS2/c1-12-10-8(4-6-13-10)2-3-9-5-7-14-11(9)12/h4-7H,1-3H2/q-1. The topological polar surface area (TPSA) is 3.24 Å². The van der Waals surface area contributed by atoms with Crippen molar-refractivity contribution in [3.63, 3.8) is 0 Å². The predicted molar refractivity (Wildman–Crippen MR) is 63.5 cm³/mol. The van der Waals surface area contributed by atoms with Crippen molar-refractivity contribution in [3.8, 4) is 0 Å². The number of nitrogens with zero attached hydrogens (tertiary/aromatic N) is 1. The second kappa shape index (κ2) is 3.11. The Labute approximate surface area is 91.6 Å². The number of anilines is 2. The van der Waals surface area contributed by atoms with E-state index in [1.165, 1.54) is 21.1 Å². The Morgan fingerprint density at radius 3 is 2.00 bits per heavy atom. The van der Waals surface area contributed by atoms with E-state index in [9.17, 15) is 0 Å². The van der Waals surface area contributed by atoms with E-state index in [-0.39, 0.29) is 0 Å². The van der Waals surface area contributed by atoms with Crippen molar-refractivity contribution in [2.24, 2.45) is 0 Å². The normalized spacial score (nSPS) is 14.8. The Morgan fingerprint density at radius 2 is 1.50 bits per heavy atom. The van der Waals surface area contributed by atoms with Crippen LogP contribution in [0.1, 0.15) is 11.1 Å². The molecular weight excluding hydrogens is 210 g/mol. The zero-order valence-corrected chi connectivity index (χ0v) is 9.33. The largest absolute Gasteiger partial charge is 0.480 e. The van der Waals surface area contributed by atoms with Gasteiger partial charge in [0.25, 0.3) is 0 Å². The Kier molecular flexibility index (Phi) is 1.89. The predicted octanol–water partition coefficient (Wildman–Crippen LogP) is 3.84. The third kappa shape index (κ3) is 1.12. The van der Waals surface area contributed by atoms with E-state index in [4.69, 9.17) is 0 Å². The van der Waals surface area contributed by atoms with Crippen LogP contribution < -0.4 is 4.90 Å². The summed E-state index contributed by atoms with van der Waals surface area (Å²) in [4.78, 5) is 2.09. The number of aryl methyl sites for hydroxylation is 2. The van der Waals surface area contributed by atoms with Crippen molar-refractivity contribution < 1.29 is 0 Å². The summed E-state index contributed by atoms with van der Waals surface area (Å²) in [6.45, 7) is 0. The maximum absolute atomic E-state index is 4.14. The molecule has 14 heavy (non-hydrogen) atoms. The number of hydrogen-bond acceptors (Lipinski definition) is 3. The molecule has 0 bridgehead atoms. The Morgan fingerprint density at radius 1 is 1.00 bits per heavy atom. The highest BCUT2D eigenvalue weighted by Crippen LogP contribution is 2.41. The molecule has 0 radical (unpaired) electrons. The van der Waals surface area contributed by atoms with Gasteiger partial charge in [0, 0.05) is 0 Å². The summed E-state index contributed by atoms with van der Waals surface area (Å²) in [5.74, 6) is 0. The minimum atomic E-state index is 1.15. The molecular formula is C11H10NS2-. The molecule has 0 N–H and O–H groups in total. The lowest BCUT2D eigenvalue weighted by Gasteiger charge is -2.25. The van der Waals surface area contributed by atoms with Gasteiger partial charge >= 0.3 is 0 Å². The van der Waals surface area contributed by atoms with Gasteiger partial charge in [-0.3, -0.25) is 0 Å². The van der Waals surface area contributed by atoms with Crippen LogP contribution in [0.2, 0.25) is 0 Å². The third-order valence-corrected chi connectivity index (χ3v) is 4.56. The molecule has 0 saturated carbocycles. The molecule has 0 amide bonds. The first-order chi connectivity index (χ1) is 6.86. The fourth-order valence-corrected chi connectivity index (χ4v) is 3.73. The maximum Gasteiger partial charge on any atom is 0.0692 e. The second-order valence-electron chi connectivity index (χ2n) is 3.43. The van der Waals surface area contributed by atoms with E-state index in [1.807, 2.05) is 0 Å². The monoisotopic (exact) mass is 220 g/mol. The summed E-state index contributed by atoms with van der Waals surface area (Å²) in [7, 11) is 4.14. The van der Waals surface area contributed by atoms with Crippen molar-refractivity contribution in [1.29, 1.82) is 0 Å². The fraction of sp³-hybridized carbons (Fsp3) is 0.182. The average molecular weight is 220 g/mol. The van der Waals surface area contributed by atoms with Crippen LogP contribution in [0.3, 0.4) is 0 Å². The second-order valence-corrected chi connectivity index (χ2v) is 5.22. The van der Waals surface area contributed by atoms with Gasteiger partial charge in [-0.05, 0) is 46.9 Å². The van der Waals surface area contributed by atoms with E-state index in [0.717, 1.165) is 12.8 Å². The first-order valence-corrected chi connectivity index (χ1v) is 6.35. The molecule has 2 aromatic rings. The molecule has 1 nitrogen and oxygen atoms in total. The van der Waals surface area contributed by atoms with Crippen LogP contribution in [0, 0.1) is 7.05 Å². The maximum atomic E-state index is 4.14. The zero-order chi connectivity index (χ0) is 9.54. The van der Waals surface area contributed by atoms with Crippen LogP contribution in [0.4, 0.5) is 10.0 Å². The molecule has 0 spiro atoms. The molecule has 0 atom stereocenters. The van der Waals surface area contributed by atoms with E-state index < -0.39 is 0 Å². The molecule has 3 heterocycles. The smallest absolute Gasteiger partial charge is 0.0692 e. The molecule has 72 valence electrons. The Bertz CT molecular complexity index is 413. The summed E-state index contributed by atoms with van der Waals surface area (Å²) < 4.78 is 0. The van der Waals surface area contributed by atoms with Crippen LogP contribution in [0.15, 0.2) is 22.9 Å². The first-order valence-electron chi connectivity index (χ1n) is 4.59. The molecule has 3 heteroatoms. The van der Waals surface area contributed by atoms with Crippen molar-refractivity contribution in [2.75, 3.05) is 4.90 Å². The summed E-state index contributed by atoms with van der Waals surface area (Å²) in [6, 6.07) is 4.43. The van der Waals surface area contributed by atoms with E-state index in [2.05, 4.69) is 34.8 Å². The number of rotatable bonds is 0. The molecule has 0 fully saturated rings. The summed E-state index contributed by atoms with van der Waals surface area (Å²) in [5.41, 5.74) is 2.88. The van der Waals surface area contributed by atoms with Gasteiger partial charge in [-0.15, -0.1) is 22.7 Å². The lowest BCUT2D eigenvalue weighted by atomic mass is 10.1. The average Bonchev–Trinajstić information content (AvgIpc) is 2.81. The van der Waals surface area contributed by atoms with Crippen molar-refractivity contribution in [2.45, 2.75) is 12.8 Å². The van der Waals surface area contributed by atoms with Crippen LogP contribution >= 0.6 is 22.7 Å². The van der Waals surface area contributed by atoms with Gasteiger partial charge in [0.05, 0.1) is 10.0 Å². The summed E-state index contributed by atoms with van der Waals surface area (Å²) in [6.07, 6.45) is 2.29. The molecule has 1 aliphatic heterocycles. The molecule has 0 unspecified atom stereocenters. The van der Waals surface area contributed by atoms with Gasteiger partial charge in [0.2, 0.25) is 0 Å². The van der Waals surface area contributed by atoms with Crippen molar-refractivity contribution in [1.82, 2.24) is 0 Å². The molecule has 3 rings (SSSR count). The number of hydrogen-bond donors (Lipinski definition) is 0. The van der Waals surface area contributed by atoms with E-state index in [0.29, 0.717) is 0 Å². The van der Waals surface area contributed by atoms with Crippen molar-refractivity contribution >= 4 is 32.7 Å². The molecule has 1 aliphatic rings. The van der Waals surface area contributed by atoms with Crippen LogP contribution in [-0.4, -0.2) is 0 Å². The Balaban J connectivity index is 2.17. The zero-order valence-electron chi connectivity index (χ0n) is 7.69. The minimum absolute atomic E-state index is 1.15. The molecule has 0 aromatic carbocycles.